The van der Waals surface area contributed by atoms with Gasteiger partial charge in [-0.3, -0.25) is 9.59 Å². The van der Waals surface area contributed by atoms with Crippen molar-refractivity contribution in [1.29, 1.82) is 0 Å². The summed E-state index contributed by atoms with van der Waals surface area (Å²) in [6, 6.07) is 3.22. The van der Waals surface area contributed by atoms with Gasteiger partial charge in [0.15, 0.2) is 5.78 Å². The lowest BCUT2D eigenvalue weighted by molar-refractivity contribution is 0.0976. The first-order valence-electron chi connectivity index (χ1n) is 7.67. The second-order valence-electron chi connectivity index (χ2n) is 5.82. The quantitative estimate of drug-likeness (QED) is 0.874. The predicted octanol–water partition coefficient (Wildman–Crippen LogP) is 1.82. The zero-order chi connectivity index (χ0) is 17.3. The molecule has 1 aliphatic carbocycles. The van der Waals surface area contributed by atoms with E-state index in [0.717, 1.165) is 5.56 Å². The highest BCUT2D eigenvalue weighted by Crippen LogP contribution is 2.34. The fourth-order valence-electron chi connectivity index (χ4n) is 2.81. The Labute approximate surface area is 144 Å². The number of carbonyl (C=O) groups excluding carboxylic acids is 1. The highest BCUT2D eigenvalue weighted by molar-refractivity contribution is 7.89. The Morgan fingerprint density at radius 3 is 2.83 bits per heavy atom. The molecule has 3 rings (SSSR count). The van der Waals surface area contributed by atoms with Gasteiger partial charge in [0.2, 0.25) is 15.6 Å². The third kappa shape index (κ3) is 3.22. The van der Waals surface area contributed by atoms with Gasteiger partial charge in [-0.2, -0.15) is 0 Å². The van der Waals surface area contributed by atoms with Gasteiger partial charge in [0.05, 0.1) is 9.77 Å². The summed E-state index contributed by atoms with van der Waals surface area (Å²) in [5.41, 5.74) is 1.24. The lowest BCUT2D eigenvalue weighted by atomic mass is 9.98. The number of ketones is 1. The highest BCUT2D eigenvalue weighted by atomic mass is 32.2. The Bertz CT molecular complexity index is 928. The number of nitrogens with one attached hydrogen (secondary N) is 1. The number of carbonyl (C=O) groups is 1. The van der Waals surface area contributed by atoms with Gasteiger partial charge in [-0.15, -0.1) is 11.3 Å². The topological polar surface area (TPSA) is 87.3 Å². The minimum absolute atomic E-state index is 0.0360. The number of aromatic amines is 1. The molecule has 24 heavy (non-hydrogen) atoms. The highest BCUT2D eigenvalue weighted by Gasteiger charge is 2.30. The van der Waals surface area contributed by atoms with Crippen molar-refractivity contribution in [3.63, 3.8) is 0 Å². The summed E-state index contributed by atoms with van der Waals surface area (Å²) in [6.45, 7) is 0.268. The van der Waals surface area contributed by atoms with Crippen LogP contribution in [0.3, 0.4) is 0 Å². The van der Waals surface area contributed by atoms with E-state index in [9.17, 15) is 18.0 Å². The van der Waals surface area contributed by atoms with Crippen molar-refractivity contribution in [2.75, 3.05) is 13.6 Å². The smallest absolute Gasteiger partial charge is 0.248 e. The minimum atomic E-state index is -3.64. The molecule has 0 fully saturated rings. The molecule has 0 amide bonds. The molecule has 0 unspecified atom stereocenters. The number of fused-ring (bicyclic) bond motifs is 1. The average Bonchev–Trinajstić information content (AvgIpc) is 2.99. The maximum absolute atomic E-state index is 12.8. The fraction of sp³-hybridized carbons (Fsp3) is 0.375. The van der Waals surface area contributed by atoms with Crippen molar-refractivity contribution in [2.45, 2.75) is 30.6 Å². The number of likely N-dealkylation sites (N-methyl/N-ethyl adjacent to an activating group) is 1. The molecule has 6 nitrogen and oxygen atoms in total. The molecular formula is C16H18N2O4S2. The van der Waals surface area contributed by atoms with Gasteiger partial charge in [-0.05, 0) is 36.5 Å². The summed E-state index contributed by atoms with van der Waals surface area (Å²) in [5.74, 6) is 0.0360. The third-order valence-corrected chi connectivity index (χ3v) is 7.32. The van der Waals surface area contributed by atoms with Gasteiger partial charge in [-0.25, -0.2) is 12.7 Å². The summed E-state index contributed by atoms with van der Waals surface area (Å²) in [4.78, 5) is 26.6. The standard InChI is InChI=1S/C16H18N2O4S2/c1-18(8-6-11-5-7-17-15(20)9-11)24(21,22)14-10-23-16-12(14)3-2-4-13(16)19/h5,7,9-10H,2-4,6,8H2,1H3,(H,17,20). The number of rotatable bonds is 5. The van der Waals surface area contributed by atoms with Gasteiger partial charge >= 0.3 is 0 Å². The van der Waals surface area contributed by atoms with E-state index in [1.807, 2.05) is 0 Å². The van der Waals surface area contributed by atoms with E-state index < -0.39 is 10.0 Å². The zero-order valence-corrected chi connectivity index (χ0v) is 14.9. The molecular weight excluding hydrogens is 348 g/mol. The molecule has 0 aliphatic heterocycles. The summed E-state index contributed by atoms with van der Waals surface area (Å²) in [5, 5.41) is 1.58. The fourth-order valence-corrected chi connectivity index (χ4v) is 5.65. The van der Waals surface area contributed by atoms with Crippen molar-refractivity contribution in [3.05, 3.63) is 50.1 Å². The van der Waals surface area contributed by atoms with Crippen molar-refractivity contribution < 1.29 is 13.2 Å². The van der Waals surface area contributed by atoms with Crippen molar-refractivity contribution in [2.24, 2.45) is 0 Å². The molecule has 0 saturated heterocycles. The van der Waals surface area contributed by atoms with Crippen molar-refractivity contribution in [1.82, 2.24) is 9.29 Å². The van der Waals surface area contributed by atoms with E-state index in [1.165, 1.54) is 28.8 Å². The lowest BCUT2D eigenvalue weighted by Gasteiger charge is -2.19. The molecule has 8 heteroatoms. The van der Waals surface area contributed by atoms with Crippen LogP contribution < -0.4 is 5.56 Å². The monoisotopic (exact) mass is 366 g/mol. The van der Waals surface area contributed by atoms with Crippen LogP contribution in [0.25, 0.3) is 0 Å². The Morgan fingerprint density at radius 2 is 2.08 bits per heavy atom. The largest absolute Gasteiger partial charge is 0.329 e. The normalized spacial score (nSPS) is 14.8. The van der Waals surface area contributed by atoms with Crippen LogP contribution in [0.5, 0.6) is 0 Å². The Kier molecular flexibility index (Phi) is 4.71. The maximum Gasteiger partial charge on any atom is 0.248 e. The van der Waals surface area contributed by atoms with Crippen LogP contribution in [0.1, 0.15) is 33.6 Å². The molecule has 2 aromatic heterocycles. The number of Topliss-reactive ketones (excluding diaryl/α,β-unsaturated/α-hetero) is 1. The van der Waals surface area contributed by atoms with E-state index in [-0.39, 0.29) is 22.8 Å². The lowest BCUT2D eigenvalue weighted by Crippen LogP contribution is -2.30. The number of pyridine rings is 1. The molecule has 2 aromatic rings. The maximum atomic E-state index is 12.8. The van der Waals surface area contributed by atoms with Gasteiger partial charge in [0.25, 0.3) is 0 Å². The summed E-state index contributed by atoms with van der Waals surface area (Å²) in [7, 11) is -2.11. The Hall–Kier alpha value is -1.77. The molecule has 0 bridgehead atoms. The summed E-state index contributed by atoms with van der Waals surface area (Å²) >= 11 is 1.22. The van der Waals surface area contributed by atoms with Gasteiger partial charge in [0, 0.05) is 37.7 Å². The van der Waals surface area contributed by atoms with Crippen LogP contribution >= 0.6 is 11.3 Å². The molecule has 0 spiro atoms. The van der Waals surface area contributed by atoms with E-state index >= 15 is 0 Å². The first kappa shape index (κ1) is 17.1. The summed E-state index contributed by atoms with van der Waals surface area (Å²) < 4.78 is 26.9. The van der Waals surface area contributed by atoms with Crippen molar-refractivity contribution in [3.8, 4) is 0 Å². The zero-order valence-electron chi connectivity index (χ0n) is 13.2. The van der Waals surface area contributed by atoms with Crippen molar-refractivity contribution >= 4 is 27.1 Å². The third-order valence-electron chi connectivity index (χ3n) is 4.18. The summed E-state index contributed by atoms with van der Waals surface area (Å²) in [6.07, 6.45) is 3.81. The Balaban J connectivity index is 1.80. The van der Waals surface area contributed by atoms with Crippen LogP contribution in [0.15, 0.2) is 33.4 Å². The Morgan fingerprint density at radius 1 is 1.29 bits per heavy atom. The minimum Gasteiger partial charge on any atom is -0.329 e. The number of hydrogen-bond donors (Lipinski definition) is 1. The van der Waals surface area contributed by atoms with Gasteiger partial charge in [0.1, 0.15) is 0 Å². The van der Waals surface area contributed by atoms with E-state index in [2.05, 4.69) is 4.98 Å². The van der Waals surface area contributed by atoms with Gasteiger partial charge < -0.3 is 4.98 Å². The van der Waals surface area contributed by atoms with Crippen LogP contribution in [-0.2, 0) is 22.9 Å². The number of aromatic nitrogens is 1. The predicted molar refractivity (Wildman–Crippen MR) is 92.2 cm³/mol. The second kappa shape index (κ2) is 6.62. The molecule has 2 heterocycles. The van der Waals surface area contributed by atoms with Crippen LogP contribution in [-0.4, -0.2) is 37.1 Å². The molecule has 0 radical (unpaired) electrons. The molecule has 128 valence electrons. The van der Waals surface area contributed by atoms with Crippen LogP contribution in [0.2, 0.25) is 0 Å². The molecule has 0 saturated carbocycles. The van der Waals surface area contributed by atoms with Crippen LogP contribution in [0.4, 0.5) is 0 Å². The van der Waals surface area contributed by atoms with Gasteiger partial charge in [-0.1, -0.05) is 0 Å². The van der Waals surface area contributed by atoms with Crippen LogP contribution in [0, 0.1) is 0 Å². The first-order valence-corrected chi connectivity index (χ1v) is 9.99. The number of H-pyrrole nitrogens is 1. The SMILES string of the molecule is CN(CCc1cc[nH]c(=O)c1)S(=O)(=O)c1csc2c1CCCC2=O. The molecule has 0 aromatic carbocycles. The van der Waals surface area contributed by atoms with E-state index in [0.29, 0.717) is 36.1 Å². The van der Waals surface area contributed by atoms with E-state index in [1.54, 1.807) is 17.6 Å². The number of sulfonamides is 1. The number of thiophene rings is 1. The molecule has 1 aliphatic rings. The molecule has 0 atom stereocenters. The first-order chi connectivity index (χ1) is 11.4. The number of nitrogens with zero attached hydrogens (tertiary/aromatic N) is 1. The molecule has 1 N–H and O–H groups in total. The second-order valence-corrected chi connectivity index (χ2v) is 8.72. The average molecular weight is 366 g/mol. The number of hydrogen-bond acceptors (Lipinski definition) is 5. The van der Waals surface area contributed by atoms with E-state index in [4.69, 9.17) is 0 Å².